The van der Waals surface area contributed by atoms with E-state index in [1.807, 2.05) is 6.07 Å². The van der Waals surface area contributed by atoms with Crippen LogP contribution in [0.4, 0.5) is 0 Å². The highest BCUT2D eigenvalue weighted by Gasteiger charge is 2.03. The quantitative estimate of drug-likeness (QED) is 0.749. The zero-order valence-corrected chi connectivity index (χ0v) is 8.78. The van der Waals surface area contributed by atoms with Crippen molar-refractivity contribution in [2.24, 2.45) is 0 Å². The highest BCUT2D eigenvalue weighted by Crippen LogP contribution is 2.19. The van der Waals surface area contributed by atoms with E-state index in [4.69, 9.17) is 0 Å². The normalized spacial score (nSPS) is 10.1. The van der Waals surface area contributed by atoms with Crippen LogP contribution in [0.15, 0.2) is 18.5 Å². The van der Waals surface area contributed by atoms with Gasteiger partial charge in [-0.1, -0.05) is 0 Å². The largest absolute Gasteiger partial charge is 0.210 e. The fourth-order valence-electron chi connectivity index (χ4n) is 0.740. The van der Waals surface area contributed by atoms with Gasteiger partial charge in [-0.15, -0.1) is 0 Å². The minimum atomic E-state index is 0.768. The molecule has 0 spiro atoms. The lowest BCUT2D eigenvalue weighted by atomic mass is 10.3. The van der Waals surface area contributed by atoms with Gasteiger partial charge in [0.1, 0.15) is 5.01 Å². The molecule has 0 atom stereocenters. The lowest BCUT2D eigenvalue weighted by Gasteiger charge is -1.89. The topological polar surface area (TPSA) is 51.6 Å². The molecule has 2 aromatic rings. The third-order valence-corrected chi connectivity index (χ3v) is 2.81. The van der Waals surface area contributed by atoms with E-state index >= 15 is 0 Å². The summed E-state index contributed by atoms with van der Waals surface area (Å²) in [6.07, 6.45) is 3.32. The third kappa shape index (κ3) is 1.58. The van der Waals surface area contributed by atoms with Crippen LogP contribution in [0.5, 0.6) is 0 Å². The molecule has 0 saturated heterocycles. The Bertz CT molecular complexity index is 374. The zero-order valence-electron chi connectivity index (χ0n) is 5.81. The second-order valence-corrected chi connectivity index (χ2v) is 3.72. The molecule has 0 fully saturated rings. The Morgan fingerprint density at radius 1 is 1.33 bits per heavy atom. The number of aromatic nitrogens is 4. The maximum Gasteiger partial charge on any atom is 0.203 e. The Balaban J connectivity index is 2.45. The Labute approximate surface area is 86.4 Å². The molecule has 0 aliphatic rings. The summed E-state index contributed by atoms with van der Waals surface area (Å²) in [6, 6.07) is 1.86. The number of nitrogens with zero attached hydrogens (tertiary/aromatic N) is 4. The van der Waals surface area contributed by atoms with Crippen molar-refractivity contribution in [2.45, 2.75) is 0 Å². The van der Waals surface area contributed by atoms with E-state index < -0.39 is 0 Å². The van der Waals surface area contributed by atoms with Gasteiger partial charge in [-0.2, -0.15) is 14.6 Å². The Hall–Kier alpha value is -0.630. The van der Waals surface area contributed by atoms with Gasteiger partial charge in [-0.05, 0) is 17.6 Å². The molecule has 0 amide bonds. The van der Waals surface area contributed by atoms with Gasteiger partial charge in [-0.25, -0.2) is 4.98 Å². The fourth-order valence-corrected chi connectivity index (χ4v) is 2.00. The van der Waals surface area contributed by atoms with Crippen LogP contribution in [-0.2, 0) is 0 Å². The molecule has 0 N–H and O–H groups in total. The molecule has 0 aliphatic heterocycles. The second kappa shape index (κ2) is 3.40. The van der Waals surface area contributed by atoms with Crippen molar-refractivity contribution in [1.82, 2.24) is 19.6 Å². The van der Waals surface area contributed by atoms with Crippen molar-refractivity contribution >= 4 is 34.1 Å². The smallest absolute Gasteiger partial charge is 0.203 e. The second-order valence-electron chi connectivity index (χ2n) is 2.00. The van der Waals surface area contributed by atoms with Gasteiger partial charge in [0.25, 0.3) is 0 Å². The summed E-state index contributed by atoms with van der Waals surface area (Å²) in [5.41, 5.74) is 0.963. The summed E-state index contributed by atoms with van der Waals surface area (Å²) in [7, 11) is 0. The fraction of sp³-hybridized carbons (Fsp3) is 0. The lowest BCUT2D eigenvalue weighted by molar-refractivity contribution is 1.03. The summed E-state index contributed by atoms with van der Waals surface area (Å²) in [4.78, 5) is 4.21. The van der Waals surface area contributed by atoms with E-state index in [-0.39, 0.29) is 0 Å². The molecule has 2 heterocycles. The average molecular weight is 290 g/mol. The predicted molar refractivity (Wildman–Crippen MR) is 53.7 cm³/mol. The van der Waals surface area contributed by atoms with Crippen molar-refractivity contribution in [2.75, 3.05) is 0 Å². The van der Waals surface area contributed by atoms with Crippen LogP contribution in [0.25, 0.3) is 10.6 Å². The number of hydrogen-bond acceptors (Lipinski definition) is 5. The predicted octanol–water partition coefficient (Wildman–Crippen LogP) is 1.60. The number of hydrogen-bond donors (Lipinski definition) is 0. The van der Waals surface area contributed by atoms with E-state index in [9.17, 15) is 0 Å². The minimum absolute atomic E-state index is 0.768. The highest BCUT2D eigenvalue weighted by atomic mass is 127. The highest BCUT2D eigenvalue weighted by molar-refractivity contribution is 14.1. The van der Waals surface area contributed by atoms with E-state index in [0.29, 0.717) is 0 Å². The van der Waals surface area contributed by atoms with Crippen LogP contribution in [0.2, 0.25) is 0 Å². The molecule has 6 heteroatoms. The molecule has 0 bridgehead atoms. The number of halogens is 1. The van der Waals surface area contributed by atoms with Crippen LogP contribution in [0.3, 0.4) is 0 Å². The molecule has 2 aromatic heterocycles. The van der Waals surface area contributed by atoms with Crippen molar-refractivity contribution in [3.63, 3.8) is 0 Å². The maximum atomic E-state index is 4.21. The molecule has 0 radical (unpaired) electrons. The third-order valence-electron chi connectivity index (χ3n) is 1.23. The molecule has 0 aromatic carbocycles. The molecule has 0 saturated carbocycles. The summed E-state index contributed by atoms with van der Waals surface area (Å²) in [5, 5.41) is 8.32. The van der Waals surface area contributed by atoms with Gasteiger partial charge in [0.05, 0.1) is 12.4 Å². The van der Waals surface area contributed by atoms with Crippen molar-refractivity contribution < 1.29 is 0 Å². The Kier molecular flexibility index (Phi) is 2.26. The zero-order chi connectivity index (χ0) is 8.39. The van der Waals surface area contributed by atoms with E-state index in [1.165, 1.54) is 11.5 Å². The summed E-state index contributed by atoms with van der Waals surface area (Å²) in [6.45, 7) is 0. The standard InChI is InChI=1S/C6H3IN4S/c7-6-10-5(12-11-6)4-1-2-8-9-3-4/h1-3H. The molecule has 60 valence electrons. The first-order chi connectivity index (χ1) is 5.86. The van der Waals surface area contributed by atoms with Gasteiger partial charge < -0.3 is 0 Å². The van der Waals surface area contributed by atoms with E-state index in [1.54, 1.807) is 12.4 Å². The van der Waals surface area contributed by atoms with Gasteiger partial charge in [-0.3, -0.25) is 0 Å². The molecule has 0 aliphatic carbocycles. The Morgan fingerprint density at radius 2 is 2.25 bits per heavy atom. The van der Waals surface area contributed by atoms with Crippen LogP contribution < -0.4 is 0 Å². The minimum Gasteiger partial charge on any atom is -0.210 e. The molecule has 4 nitrogen and oxygen atoms in total. The maximum absolute atomic E-state index is 4.21. The van der Waals surface area contributed by atoms with Gasteiger partial charge in [0.2, 0.25) is 3.83 Å². The summed E-state index contributed by atoms with van der Waals surface area (Å²) >= 11 is 3.45. The van der Waals surface area contributed by atoms with Crippen LogP contribution in [0.1, 0.15) is 0 Å². The number of rotatable bonds is 1. The molecule has 0 unspecified atom stereocenters. The van der Waals surface area contributed by atoms with Crippen molar-refractivity contribution in [3.05, 3.63) is 22.3 Å². The van der Waals surface area contributed by atoms with E-state index in [2.05, 4.69) is 42.1 Å². The van der Waals surface area contributed by atoms with Crippen molar-refractivity contribution in [3.8, 4) is 10.6 Å². The van der Waals surface area contributed by atoms with Crippen LogP contribution in [0, 0.1) is 3.83 Å². The van der Waals surface area contributed by atoms with Crippen LogP contribution in [-0.4, -0.2) is 19.6 Å². The monoisotopic (exact) mass is 290 g/mol. The summed E-state index contributed by atoms with van der Waals surface area (Å²) < 4.78 is 4.83. The first-order valence-corrected chi connectivity index (χ1v) is 4.98. The van der Waals surface area contributed by atoms with E-state index in [0.717, 1.165) is 14.4 Å². The molecule has 12 heavy (non-hydrogen) atoms. The van der Waals surface area contributed by atoms with Gasteiger partial charge >= 0.3 is 0 Å². The van der Waals surface area contributed by atoms with Gasteiger partial charge in [0.15, 0.2) is 0 Å². The van der Waals surface area contributed by atoms with Gasteiger partial charge in [0, 0.05) is 28.2 Å². The van der Waals surface area contributed by atoms with Crippen LogP contribution >= 0.6 is 34.1 Å². The summed E-state index contributed by atoms with van der Waals surface area (Å²) in [5.74, 6) is 0. The molecular weight excluding hydrogens is 287 g/mol. The lowest BCUT2D eigenvalue weighted by Crippen LogP contribution is -1.81. The molecular formula is C6H3IN4S. The SMILES string of the molecule is Ic1nsc(-c2ccnnc2)n1. The molecule has 2 rings (SSSR count). The first-order valence-electron chi connectivity index (χ1n) is 3.12. The van der Waals surface area contributed by atoms with Crippen molar-refractivity contribution in [1.29, 1.82) is 0 Å². The Morgan fingerprint density at radius 3 is 2.83 bits per heavy atom. The first kappa shape index (κ1) is 7.99. The average Bonchev–Trinajstić information content (AvgIpc) is 2.54.